The minimum Gasteiger partial charge on any atom is -0.507 e. The number of phenolic OH excluding ortho intramolecular Hbond substituents is 1. The van der Waals surface area contributed by atoms with Crippen LogP contribution in [0.1, 0.15) is 27.9 Å². The number of hydrazone groups is 1. The largest absolute Gasteiger partial charge is 0.507 e. The highest BCUT2D eigenvalue weighted by Gasteiger charge is 2.23. The van der Waals surface area contributed by atoms with E-state index in [9.17, 15) is 14.7 Å². The first-order valence-corrected chi connectivity index (χ1v) is 7.95. The topological polar surface area (TPSA) is 79.2 Å². The number of aromatic hydroxyl groups is 1. The third kappa shape index (κ3) is 3.68. The molecule has 0 fully saturated rings. The van der Waals surface area contributed by atoms with E-state index in [1.165, 1.54) is 11.1 Å². The molecule has 1 amide bonds. The number of amides is 1. The summed E-state index contributed by atoms with van der Waals surface area (Å²) in [5.74, 6) is -1.27. The number of phenols is 1. The van der Waals surface area contributed by atoms with Gasteiger partial charge in [-0.15, -0.1) is 0 Å². The van der Waals surface area contributed by atoms with Gasteiger partial charge in [-0.05, 0) is 24.1 Å². The van der Waals surface area contributed by atoms with Crippen molar-refractivity contribution in [3.8, 4) is 5.75 Å². The Bertz CT molecular complexity index is 831. The van der Waals surface area contributed by atoms with Crippen molar-refractivity contribution in [2.75, 3.05) is 13.2 Å². The van der Waals surface area contributed by atoms with Gasteiger partial charge in [0.2, 0.25) is 0 Å². The van der Waals surface area contributed by atoms with Crippen LogP contribution in [0.5, 0.6) is 5.75 Å². The van der Waals surface area contributed by atoms with Crippen LogP contribution in [0.15, 0.2) is 53.6 Å². The van der Waals surface area contributed by atoms with Crippen LogP contribution < -0.4 is 0 Å². The molecule has 0 unspecified atom stereocenters. The van der Waals surface area contributed by atoms with Crippen LogP contribution in [0.25, 0.3) is 0 Å². The quantitative estimate of drug-likeness (QED) is 0.869. The third-order valence-electron chi connectivity index (χ3n) is 3.98. The molecule has 0 aromatic heterocycles. The van der Waals surface area contributed by atoms with Crippen LogP contribution in [-0.2, 0) is 9.53 Å². The number of aryl methyl sites for hydroxylation is 1. The number of nitrogens with zero attached hydrogens (tertiary/aromatic N) is 2. The molecule has 128 valence electrons. The van der Waals surface area contributed by atoms with E-state index in [1.54, 1.807) is 19.1 Å². The van der Waals surface area contributed by atoms with E-state index < -0.39 is 18.5 Å². The summed E-state index contributed by atoms with van der Waals surface area (Å²) in [6, 6.07) is 14.4. The van der Waals surface area contributed by atoms with Crippen LogP contribution >= 0.6 is 0 Å². The lowest BCUT2D eigenvalue weighted by Gasteiger charge is -2.12. The van der Waals surface area contributed by atoms with Crippen molar-refractivity contribution in [2.24, 2.45) is 5.10 Å². The first-order chi connectivity index (χ1) is 12.1. The standard InChI is InChI=1S/C19H18N2O4/c1-13-6-5-9-15(18(13)23)19(24)25-12-17(22)21-11-10-16(20-21)14-7-3-2-4-8-14/h2-9,23H,10-12H2,1H3. The molecule has 0 bridgehead atoms. The average Bonchev–Trinajstić information content (AvgIpc) is 3.13. The number of carbonyl (C=O) groups excluding carboxylic acids is 2. The Morgan fingerprint density at radius 1 is 1.16 bits per heavy atom. The van der Waals surface area contributed by atoms with Gasteiger partial charge in [0.25, 0.3) is 5.91 Å². The molecule has 6 nitrogen and oxygen atoms in total. The molecule has 1 aliphatic rings. The number of esters is 1. The van der Waals surface area contributed by atoms with Crippen molar-refractivity contribution in [1.29, 1.82) is 0 Å². The molecule has 0 saturated carbocycles. The summed E-state index contributed by atoms with van der Waals surface area (Å²) >= 11 is 0. The van der Waals surface area contributed by atoms with E-state index in [-0.39, 0.29) is 11.3 Å². The van der Waals surface area contributed by atoms with Crippen LogP contribution in [0.2, 0.25) is 0 Å². The Hall–Kier alpha value is -3.15. The van der Waals surface area contributed by atoms with E-state index in [4.69, 9.17) is 4.74 Å². The van der Waals surface area contributed by atoms with E-state index >= 15 is 0 Å². The van der Waals surface area contributed by atoms with Gasteiger partial charge in [0.15, 0.2) is 6.61 Å². The van der Waals surface area contributed by atoms with Crippen molar-refractivity contribution in [1.82, 2.24) is 5.01 Å². The molecule has 6 heteroatoms. The average molecular weight is 338 g/mol. The number of rotatable bonds is 4. The SMILES string of the molecule is Cc1cccc(C(=O)OCC(=O)N2CCC(c3ccccc3)=N2)c1O. The van der Waals surface area contributed by atoms with Gasteiger partial charge in [-0.3, -0.25) is 4.79 Å². The molecule has 1 heterocycles. The molecule has 1 N–H and O–H groups in total. The van der Waals surface area contributed by atoms with Gasteiger partial charge < -0.3 is 9.84 Å². The maximum atomic E-state index is 12.2. The summed E-state index contributed by atoms with van der Waals surface area (Å²) in [5, 5.41) is 15.5. The molecule has 0 radical (unpaired) electrons. The second-order valence-corrected chi connectivity index (χ2v) is 5.73. The fraction of sp³-hybridized carbons (Fsp3) is 0.211. The van der Waals surface area contributed by atoms with E-state index in [1.807, 2.05) is 30.3 Å². The predicted molar refractivity (Wildman–Crippen MR) is 92.4 cm³/mol. The van der Waals surface area contributed by atoms with Crippen molar-refractivity contribution >= 4 is 17.6 Å². The predicted octanol–water partition coefficient (Wildman–Crippen LogP) is 2.49. The maximum Gasteiger partial charge on any atom is 0.342 e. The van der Waals surface area contributed by atoms with Crippen LogP contribution in [0.3, 0.4) is 0 Å². The Morgan fingerprint density at radius 3 is 2.68 bits per heavy atom. The molecular weight excluding hydrogens is 320 g/mol. The normalized spacial score (nSPS) is 13.5. The van der Waals surface area contributed by atoms with Gasteiger partial charge >= 0.3 is 5.97 Å². The zero-order valence-corrected chi connectivity index (χ0v) is 13.8. The summed E-state index contributed by atoms with van der Waals surface area (Å²) in [4.78, 5) is 24.2. The van der Waals surface area contributed by atoms with E-state index in [2.05, 4.69) is 5.10 Å². The molecule has 0 atom stereocenters. The van der Waals surface area contributed by atoms with Gasteiger partial charge in [-0.25, -0.2) is 9.80 Å². The highest BCUT2D eigenvalue weighted by molar-refractivity contribution is 6.02. The Morgan fingerprint density at radius 2 is 1.92 bits per heavy atom. The van der Waals surface area contributed by atoms with Crippen molar-refractivity contribution in [3.63, 3.8) is 0 Å². The second-order valence-electron chi connectivity index (χ2n) is 5.73. The maximum absolute atomic E-state index is 12.2. The number of para-hydroxylation sites is 1. The lowest BCUT2D eigenvalue weighted by molar-refractivity contribution is -0.134. The van der Waals surface area contributed by atoms with Crippen molar-refractivity contribution < 1.29 is 19.4 Å². The lowest BCUT2D eigenvalue weighted by Crippen LogP contribution is -2.28. The summed E-state index contributed by atoms with van der Waals surface area (Å²) in [7, 11) is 0. The first-order valence-electron chi connectivity index (χ1n) is 7.95. The number of ether oxygens (including phenoxy) is 1. The van der Waals surface area contributed by atoms with Crippen LogP contribution in [0, 0.1) is 6.92 Å². The molecule has 0 aliphatic carbocycles. The minimum atomic E-state index is -0.735. The lowest BCUT2D eigenvalue weighted by atomic mass is 10.1. The summed E-state index contributed by atoms with van der Waals surface area (Å²) in [6.45, 7) is 1.72. The molecule has 0 saturated heterocycles. The molecular formula is C19H18N2O4. The highest BCUT2D eigenvalue weighted by atomic mass is 16.5. The number of hydrogen-bond donors (Lipinski definition) is 1. The molecule has 25 heavy (non-hydrogen) atoms. The fourth-order valence-corrected chi connectivity index (χ4v) is 2.57. The first kappa shape index (κ1) is 16.7. The zero-order valence-electron chi connectivity index (χ0n) is 13.8. The van der Waals surface area contributed by atoms with E-state index in [0.717, 1.165) is 11.3 Å². The number of hydrogen-bond acceptors (Lipinski definition) is 5. The van der Waals surface area contributed by atoms with Gasteiger partial charge in [-0.1, -0.05) is 42.5 Å². The second kappa shape index (κ2) is 7.17. The summed E-state index contributed by atoms with van der Waals surface area (Å²) < 4.78 is 5.02. The fourth-order valence-electron chi connectivity index (χ4n) is 2.57. The van der Waals surface area contributed by atoms with Crippen LogP contribution in [0.4, 0.5) is 0 Å². The molecule has 0 spiro atoms. The summed E-state index contributed by atoms with van der Waals surface area (Å²) in [6.07, 6.45) is 0.655. The van der Waals surface area contributed by atoms with Gasteiger partial charge in [-0.2, -0.15) is 5.10 Å². The molecule has 2 aromatic rings. The van der Waals surface area contributed by atoms with Crippen molar-refractivity contribution in [3.05, 3.63) is 65.2 Å². The molecule has 2 aromatic carbocycles. The number of carbonyl (C=O) groups is 2. The highest BCUT2D eigenvalue weighted by Crippen LogP contribution is 2.22. The van der Waals surface area contributed by atoms with E-state index in [0.29, 0.717) is 18.5 Å². The Labute approximate surface area is 145 Å². The summed E-state index contributed by atoms with van der Waals surface area (Å²) in [5.41, 5.74) is 2.41. The molecule has 1 aliphatic heterocycles. The van der Waals surface area contributed by atoms with Gasteiger partial charge in [0.05, 0.1) is 12.3 Å². The smallest absolute Gasteiger partial charge is 0.342 e. The minimum absolute atomic E-state index is 0.0442. The Balaban J connectivity index is 1.61. The van der Waals surface area contributed by atoms with Crippen molar-refractivity contribution in [2.45, 2.75) is 13.3 Å². The Kier molecular flexibility index (Phi) is 4.79. The zero-order chi connectivity index (χ0) is 17.8. The molecule has 3 rings (SSSR count). The monoisotopic (exact) mass is 338 g/mol. The third-order valence-corrected chi connectivity index (χ3v) is 3.98. The van der Waals surface area contributed by atoms with Crippen LogP contribution in [-0.4, -0.2) is 40.9 Å². The number of benzene rings is 2. The van der Waals surface area contributed by atoms with Gasteiger partial charge in [0.1, 0.15) is 11.3 Å². The van der Waals surface area contributed by atoms with Gasteiger partial charge in [0, 0.05) is 6.42 Å².